The summed E-state index contributed by atoms with van der Waals surface area (Å²) in [5.74, 6) is 0.304. The molecule has 0 atom stereocenters. The molecule has 1 saturated carbocycles. The topological polar surface area (TPSA) is 38.8 Å². The molecule has 0 bridgehead atoms. The van der Waals surface area contributed by atoms with E-state index >= 15 is 0 Å². The van der Waals surface area contributed by atoms with Gasteiger partial charge in [-0.3, -0.25) is 9.69 Å². The van der Waals surface area contributed by atoms with Crippen molar-refractivity contribution in [1.29, 1.82) is 0 Å². The summed E-state index contributed by atoms with van der Waals surface area (Å²) in [5.41, 5.74) is 0. The van der Waals surface area contributed by atoms with Crippen molar-refractivity contribution in [1.82, 2.24) is 20.0 Å². The molecule has 3 aliphatic rings. The molecule has 5 heteroatoms. The summed E-state index contributed by atoms with van der Waals surface area (Å²) in [5, 5.41) is 3.49. The Bertz CT molecular complexity index is 367. The van der Waals surface area contributed by atoms with Crippen molar-refractivity contribution in [2.24, 2.45) is 0 Å². The number of carbonyl (C=O) groups excluding carboxylic acids is 1. The van der Waals surface area contributed by atoms with Gasteiger partial charge in [-0.1, -0.05) is 19.3 Å². The van der Waals surface area contributed by atoms with Gasteiger partial charge in [-0.15, -0.1) is 0 Å². The first-order chi connectivity index (χ1) is 11.2. The van der Waals surface area contributed by atoms with Crippen molar-refractivity contribution in [3.63, 3.8) is 0 Å². The molecule has 1 aliphatic carbocycles. The number of carbonyl (C=O) groups is 1. The van der Waals surface area contributed by atoms with Gasteiger partial charge < -0.3 is 15.1 Å². The van der Waals surface area contributed by atoms with E-state index in [2.05, 4.69) is 27.1 Å². The monoisotopic (exact) mass is 322 g/mol. The lowest BCUT2D eigenvalue weighted by Gasteiger charge is -2.42. The SMILES string of the molecule is CN1CCC(N2CCN(C(=O)CNC3CCCCC3)CC2)CC1. The first kappa shape index (κ1) is 17.2. The van der Waals surface area contributed by atoms with Crippen LogP contribution >= 0.6 is 0 Å². The van der Waals surface area contributed by atoms with Gasteiger partial charge in [0, 0.05) is 38.3 Å². The molecule has 0 unspecified atom stereocenters. The van der Waals surface area contributed by atoms with Crippen LogP contribution in [0.15, 0.2) is 0 Å². The Kier molecular flexibility index (Phi) is 6.31. The Labute approximate surface area is 141 Å². The molecule has 3 rings (SSSR count). The average Bonchev–Trinajstić information content (AvgIpc) is 2.61. The maximum atomic E-state index is 12.4. The maximum Gasteiger partial charge on any atom is 0.236 e. The predicted octanol–water partition coefficient (Wildman–Crippen LogP) is 1.15. The summed E-state index contributed by atoms with van der Waals surface area (Å²) in [6.45, 7) is 6.92. The molecule has 2 aliphatic heterocycles. The molecule has 0 spiro atoms. The van der Waals surface area contributed by atoms with Crippen LogP contribution in [0.5, 0.6) is 0 Å². The Morgan fingerprint density at radius 2 is 1.57 bits per heavy atom. The minimum Gasteiger partial charge on any atom is -0.339 e. The Morgan fingerprint density at radius 1 is 0.913 bits per heavy atom. The van der Waals surface area contributed by atoms with E-state index in [4.69, 9.17) is 0 Å². The number of likely N-dealkylation sites (tertiary alicyclic amines) is 1. The van der Waals surface area contributed by atoms with Crippen LogP contribution in [0.3, 0.4) is 0 Å². The van der Waals surface area contributed by atoms with Gasteiger partial charge in [0.15, 0.2) is 0 Å². The van der Waals surface area contributed by atoms with Gasteiger partial charge in [-0.25, -0.2) is 0 Å². The van der Waals surface area contributed by atoms with Gasteiger partial charge in [0.25, 0.3) is 0 Å². The standard InChI is InChI=1S/C18H34N4O/c1-20-9-7-17(8-10-20)21-11-13-22(14-12-21)18(23)15-19-16-5-3-2-4-6-16/h16-17,19H,2-15H2,1H3. The number of hydrogen-bond donors (Lipinski definition) is 1. The number of rotatable bonds is 4. The molecule has 132 valence electrons. The van der Waals surface area contributed by atoms with Crippen molar-refractivity contribution in [3.8, 4) is 0 Å². The predicted molar refractivity (Wildman–Crippen MR) is 93.5 cm³/mol. The van der Waals surface area contributed by atoms with Crippen LogP contribution in [-0.2, 0) is 4.79 Å². The maximum absolute atomic E-state index is 12.4. The highest BCUT2D eigenvalue weighted by Gasteiger charge is 2.28. The number of hydrogen-bond acceptors (Lipinski definition) is 4. The number of piperazine rings is 1. The zero-order valence-corrected chi connectivity index (χ0v) is 14.8. The Morgan fingerprint density at radius 3 is 2.22 bits per heavy atom. The Balaban J connectivity index is 1.35. The van der Waals surface area contributed by atoms with E-state index in [0.29, 0.717) is 18.5 Å². The summed E-state index contributed by atoms with van der Waals surface area (Å²) < 4.78 is 0. The highest BCUT2D eigenvalue weighted by Crippen LogP contribution is 2.18. The van der Waals surface area contributed by atoms with Gasteiger partial charge >= 0.3 is 0 Å². The van der Waals surface area contributed by atoms with E-state index in [-0.39, 0.29) is 0 Å². The average molecular weight is 322 g/mol. The molecule has 23 heavy (non-hydrogen) atoms. The minimum absolute atomic E-state index is 0.304. The van der Waals surface area contributed by atoms with Crippen LogP contribution in [0.1, 0.15) is 44.9 Å². The second-order valence-corrected chi connectivity index (χ2v) is 7.67. The van der Waals surface area contributed by atoms with Crippen LogP contribution in [0, 0.1) is 0 Å². The van der Waals surface area contributed by atoms with Crippen molar-refractivity contribution < 1.29 is 4.79 Å². The summed E-state index contributed by atoms with van der Waals surface area (Å²) in [4.78, 5) is 19.5. The molecule has 3 fully saturated rings. The highest BCUT2D eigenvalue weighted by molar-refractivity contribution is 5.78. The quantitative estimate of drug-likeness (QED) is 0.843. The van der Waals surface area contributed by atoms with Gasteiger partial charge in [0.2, 0.25) is 5.91 Å². The van der Waals surface area contributed by atoms with Crippen molar-refractivity contribution in [2.75, 3.05) is 52.9 Å². The molecule has 1 N–H and O–H groups in total. The summed E-state index contributed by atoms with van der Waals surface area (Å²) in [7, 11) is 2.21. The normalized spacial score (nSPS) is 26.6. The third kappa shape index (κ3) is 4.91. The van der Waals surface area contributed by atoms with E-state index in [1.165, 1.54) is 58.0 Å². The van der Waals surface area contributed by atoms with Crippen molar-refractivity contribution >= 4 is 5.91 Å². The number of piperidine rings is 1. The lowest BCUT2D eigenvalue weighted by atomic mass is 9.95. The minimum atomic E-state index is 0.304. The van der Waals surface area contributed by atoms with Gasteiger partial charge in [0.05, 0.1) is 6.54 Å². The molecule has 0 aromatic carbocycles. The van der Waals surface area contributed by atoms with Gasteiger partial charge in [-0.05, 0) is 45.8 Å². The molecule has 0 radical (unpaired) electrons. The zero-order chi connectivity index (χ0) is 16.1. The third-order valence-corrected chi connectivity index (χ3v) is 6.02. The summed E-state index contributed by atoms with van der Waals surface area (Å²) in [6.07, 6.45) is 9.07. The van der Waals surface area contributed by atoms with Crippen LogP contribution in [0.25, 0.3) is 0 Å². The summed E-state index contributed by atoms with van der Waals surface area (Å²) >= 11 is 0. The first-order valence-electron chi connectivity index (χ1n) is 9.66. The van der Waals surface area contributed by atoms with Crippen LogP contribution < -0.4 is 5.32 Å². The van der Waals surface area contributed by atoms with E-state index in [9.17, 15) is 4.79 Å². The molecule has 2 heterocycles. The van der Waals surface area contributed by atoms with Crippen LogP contribution in [0.2, 0.25) is 0 Å². The lowest BCUT2D eigenvalue weighted by molar-refractivity contribution is -0.132. The lowest BCUT2D eigenvalue weighted by Crippen LogP contribution is -2.55. The van der Waals surface area contributed by atoms with Crippen LogP contribution in [0.4, 0.5) is 0 Å². The highest BCUT2D eigenvalue weighted by atomic mass is 16.2. The van der Waals surface area contributed by atoms with E-state index in [1.807, 2.05) is 0 Å². The van der Waals surface area contributed by atoms with Gasteiger partial charge in [0.1, 0.15) is 0 Å². The fourth-order valence-corrected chi connectivity index (χ4v) is 4.35. The molecule has 0 aromatic rings. The van der Waals surface area contributed by atoms with Crippen LogP contribution in [-0.4, -0.2) is 85.6 Å². The smallest absolute Gasteiger partial charge is 0.236 e. The largest absolute Gasteiger partial charge is 0.339 e. The zero-order valence-electron chi connectivity index (χ0n) is 14.8. The van der Waals surface area contributed by atoms with E-state index < -0.39 is 0 Å². The van der Waals surface area contributed by atoms with E-state index in [0.717, 1.165) is 32.2 Å². The second kappa shape index (κ2) is 8.45. The second-order valence-electron chi connectivity index (χ2n) is 7.67. The van der Waals surface area contributed by atoms with Gasteiger partial charge in [-0.2, -0.15) is 0 Å². The third-order valence-electron chi connectivity index (χ3n) is 6.02. The molecule has 2 saturated heterocycles. The van der Waals surface area contributed by atoms with Crippen molar-refractivity contribution in [2.45, 2.75) is 57.0 Å². The number of nitrogens with zero attached hydrogens (tertiary/aromatic N) is 3. The van der Waals surface area contributed by atoms with Crippen molar-refractivity contribution in [3.05, 3.63) is 0 Å². The molecule has 0 aromatic heterocycles. The molecular formula is C18H34N4O. The van der Waals surface area contributed by atoms with E-state index in [1.54, 1.807) is 0 Å². The molecule has 5 nitrogen and oxygen atoms in total. The fourth-order valence-electron chi connectivity index (χ4n) is 4.35. The molecular weight excluding hydrogens is 288 g/mol. The first-order valence-corrected chi connectivity index (χ1v) is 9.66. The molecule has 1 amide bonds. The fraction of sp³-hybridized carbons (Fsp3) is 0.944. The number of amides is 1. The summed E-state index contributed by atoms with van der Waals surface area (Å²) in [6, 6.07) is 1.32. The number of nitrogens with one attached hydrogen (secondary N) is 1. The Hall–Kier alpha value is -0.650.